The van der Waals surface area contributed by atoms with Gasteiger partial charge in [-0.15, -0.1) is 0 Å². The van der Waals surface area contributed by atoms with Gasteiger partial charge in [0.05, 0.1) is 23.8 Å². The first-order valence-corrected chi connectivity index (χ1v) is 7.27. The van der Waals surface area contributed by atoms with Crippen molar-refractivity contribution in [2.75, 3.05) is 5.32 Å². The molecule has 0 aliphatic heterocycles. The molecule has 3 heterocycles. The first-order valence-electron chi connectivity index (χ1n) is 7.27. The number of rotatable bonds is 3. The Morgan fingerprint density at radius 3 is 3.14 bits per heavy atom. The summed E-state index contributed by atoms with van der Waals surface area (Å²) in [7, 11) is 1.86. The second-order valence-electron chi connectivity index (χ2n) is 5.76. The number of amides is 1. The van der Waals surface area contributed by atoms with Crippen LogP contribution >= 0.6 is 0 Å². The SMILES string of the molecule is Cc1nn(C)c2ncc(NC(=O)[C@@H]3C[C@H]3c3ccco3)cc12. The maximum absolute atomic E-state index is 12.3. The van der Waals surface area contributed by atoms with Crippen LogP contribution in [0.2, 0.25) is 0 Å². The number of pyridine rings is 1. The second-order valence-corrected chi connectivity index (χ2v) is 5.76. The number of hydrogen-bond acceptors (Lipinski definition) is 4. The lowest BCUT2D eigenvalue weighted by Crippen LogP contribution is -2.14. The van der Waals surface area contributed by atoms with Crippen LogP contribution < -0.4 is 5.32 Å². The predicted molar refractivity (Wildman–Crippen MR) is 81.4 cm³/mol. The highest BCUT2D eigenvalue weighted by molar-refractivity contribution is 5.96. The van der Waals surface area contributed by atoms with Gasteiger partial charge in [0.25, 0.3) is 0 Å². The van der Waals surface area contributed by atoms with Crippen LogP contribution in [-0.4, -0.2) is 20.7 Å². The molecule has 6 nitrogen and oxygen atoms in total. The van der Waals surface area contributed by atoms with Gasteiger partial charge in [-0.3, -0.25) is 9.48 Å². The predicted octanol–water partition coefficient (Wildman–Crippen LogP) is 2.61. The Morgan fingerprint density at radius 1 is 1.50 bits per heavy atom. The number of aromatic nitrogens is 3. The number of carbonyl (C=O) groups is 1. The number of fused-ring (bicyclic) bond motifs is 1. The van der Waals surface area contributed by atoms with Crippen molar-refractivity contribution < 1.29 is 9.21 Å². The smallest absolute Gasteiger partial charge is 0.228 e. The van der Waals surface area contributed by atoms with Crippen LogP contribution in [0.1, 0.15) is 23.8 Å². The maximum atomic E-state index is 12.3. The molecule has 0 spiro atoms. The van der Waals surface area contributed by atoms with E-state index in [0.29, 0.717) is 5.69 Å². The minimum absolute atomic E-state index is 0.0168. The first kappa shape index (κ1) is 13.1. The monoisotopic (exact) mass is 296 g/mol. The van der Waals surface area contributed by atoms with E-state index in [-0.39, 0.29) is 17.7 Å². The third kappa shape index (κ3) is 2.07. The highest BCUT2D eigenvalue weighted by Crippen LogP contribution is 2.48. The average Bonchev–Trinajstić information content (AvgIpc) is 3.01. The molecular formula is C16H16N4O2. The van der Waals surface area contributed by atoms with Crippen LogP contribution in [0, 0.1) is 12.8 Å². The third-order valence-electron chi connectivity index (χ3n) is 4.17. The normalized spacial score (nSPS) is 20.3. The van der Waals surface area contributed by atoms with Gasteiger partial charge in [-0.05, 0) is 31.5 Å². The molecule has 1 aliphatic rings. The topological polar surface area (TPSA) is 73.0 Å². The van der Waals surface area contributed by atoms with E-state index in [0.717, 1.165) is 28.9 Å². The summed E-state index contributed by atoms with van der Waals surface area (Å²) in [5.41, 5.74) is 2.43. The Hall–Kier alpha value is -2.63. The standard InChI is InChI=1S/C16H16N4O2/c1-9-11-6-10(8-17-15(11)20(2)19-9)18-16(21)13-7-12(13)14-4-3-5-22-14/h3-6,8,12-13H,7H2,1-2H3,(H,18,21)/t12-,13-/m1/s1. The zero-order valence-electron chi connectivity index (χ0n) is 12.4. The summed E-state index contributed by atoms with van der Waals surface area (Å²) in [5.74, 6) is 1.09. The third-order valence-corrected chi connectivity index (χ3v) is 4.17. The van der Waals surface area contributed by atoms with Crippen LogP contribution in [0.5, 0.6) is 0 Å². The van der Waals surface area contributed by atoms with Crippen LogP contribution in [0.25, 0.3) is 11.0 Å². The van der Waals surface area contributed by atoms with Crippen molar-refractivity contribution in [3.05, 3.63) is 42.1 Å². The van der Waals surface area contributed by atoms with Gasteiger partial charge >= 0.3 is 0 Å². The highest BCUT2D eigenvalue weighted by atomic mass is 16.3. The summed E-state index contributed by atoms with van der Waals surface area (Å²) in [5, 5.41) is 8.23. The lowest BCUT2D eigenvalue weighted by Gasteiger charge is -2.04. The molecule has 0 radical (unpaired) electrons. The number of nitrogens with one attached hydrogen (secondary N) is 1. The van der Waals surface area contributed by atoms with Gasteiger partial charge in [-0.2, -0.15) is 5.10 Å². The summed E-state index contributed by atoms with van der Waals surface area (Å²) < 4.78 is 7.10. The lowest BCUT2D eigenvalue weighted by atomic mass is 10.2. The Morgan fingerprint density at radius 2 is 2.36 bits per heavy atom. The molecule has 112 valence electrons. The molecular weight excluding hydrogens is 280 g/mol. The fourth-order valence-electron chi connectivity index (χ4n) is 2.91. The second kappa shape index (κ2) is 4.69. The summed E-state index contributed by atoms with van der Waals surface area (Å²) >= 11 is 0. The number of anilines is 1. The van der Waals surface area contributed by atoms with E-state index in [1.165, 1.54) is 0 Å². The van der Waals surface area contributed by atoms with Crippen LogP contribution in [0.4, 0.5) is 5.69 Å². The molecule has 1 fully saturated rings. The largest absolute Gasteiger partial charge is 0.469 e. The number of aryl methyl sites for hydroxylation is 2. The minimum atomic E-state index is -0.0168. The molecule has 1 aliphatic carbocycles. The quantitative estimate of drug-likeness (QED) is 0.806. The summed E-state index contributed by atoms with van der Waals surface area (Å²) in [6, 6.07) is 5.70. The average molecular weight is 296 g/mol. The van der Waals surface area contributed by atoms with E-state index in [2.05, 4.69) is 15.4 Å². The molecule has 3 aromatic rings. The van der Waals surface area contributed by atoms with Crippen molar-refractivity contribution in [3.8, 4) is 0 Å². The summed E-state index contributed by atoms with van der Waals surface area (Å²) in [4.78, 5) is 16.7. The molecule has 1 amide bonds. The van der Waals surface area contributed by atoms with Gasteiger partial charge in [-0.1, -0.05) is 0 Å². The van der Waals surface area contributed by atoms with Crippen LogP contribution in [0.3, 0.4) is 0 Å². The number of carbonyl (C=O) groups excluding carboxylic acids is 1. The van der Waals surface area contributed by atoms with Crippen molar-refractivity contribution in [1.82, 2.24) is 14.8 Å². The Kier molecular flexibility index (Phi) is 2.79. The van der Waals surface area contributed by atoms with Crippen molar-refractivity contribution in [3.63, 3.8) is 0 Å². The lowest BCUT2D eigenvalue weighted by molar-refractivity contribution is -0.117. The zero-order chi connectivity index (χ0) is 15.3. The van der Waals surface area contributed by atoms with Crippen molar-refractivity contribution in [2.24, 2.45) is 13.0 Å². The highest BCUT2D eigenvalue weighted by Gasteiger charge is 2.45. The Balaban J connectivity index is 1.52. The van der Waals surface area contributed by atoms with E-state index >= 15 is 0 Å². The molecule has 22 heavy (non-hydrogen) atoms. The summed E-state index contributed by atoms with van der Waals surface area (Å²) in [6.45, 7) is 1.93. The van der Waals surface area contributed by atoms with Crippen LogP contribution in [-0.2, 0) is 11.8 Å². The molecule has 0 aromatic carbocycles. The van der Waals surface area contributed by atoms with E-state index in [1.807, 2.05) is 32.2 Å². The van der Waals surface area contributed by atoms with Crippen LogP contribution in [0.15, 0.2) is 35.1 Å². The number of hydrogen-bond donors (Lipinski definition) is 1. The van der Waals surface area contributed by atoms with Crippen molar-refractivity contribution >= 4 is 22.6 Å². The van der Waals surface area contributed by atoms with Crippen molar-refractivity contribution in [2.45, 2.75) is 19.3 Å². The molecule has 3 aromatic heterocycles. The molecule has 0 bridgehead atoms. The zero-order valence-corrected chi connectivity index (χ0v) is 12.4. The molecule has 1 saturated carbocycles. The number of furan rings is 1. The number of nitrogens with zero attached hydrogens (tertiary/aromatic N) is 3. The van der Waals surface area contributed by atoms with E-state index in [1.54, 1.807) is 17.1 Å². The Labute approximate surface area is 127 Å². The maximum Gasteiger partial charge on any atom is 0.228 e. The fraction of sp³-hybridized carbons (Fsp3) is 0.312. The van der Waals surface area contributed by atoms with Gasteiger partial charge in [0, 0.05) is 24.3 Å². The first-order chi connectivity index (χ1) is 10.6. The van der Waals surface area contributed by atoms with Gasteiger partial charge < -0.3 is 9.73 Å². The molecule has 0 unspecified atom stereocenters. The van der Waals surface area contributed by atoms with Crippen molar-refractivity contribution in [1.29, 1.82) is 0 Å². The minimum Gasteiger partial charge on any atom is -0.469 e. The van der Waals surface area contributed by atoms with E-state index in [4.69, 9.17) is 4.42 Å². The van der Waals surface area contributed by atoms with Gasteiger partial charge in [0.1, 0.15) is 5.76 Å². The van der Waals surface area contributed by atoms with Gasteiger partial charge in [0.2, 0.25) is 5.91 Å². The molecule has 1 N–H and O–H groups in total. The fourth-order valence-corrected chi connectivity index (χ4v) is 2.91. The van der Waals surface area contributed by atoms with Gasteiger partial charge in [0.15, 0.2) is 5.65 Å². The molecule has 6 heteroatoms. The summed E-state index contributed by atoms with van der Waals surface area (Å²) in [6.07, 6.45) is 4.15. The molecule has 4 rings (SSSR count). The Bertz CT molecular complexity index is 851. The van der Waals surface area contributed by atoms with E-state index in [9.17, 15) is 4.79 Å². The molecule has 2 atom stereocenters. The van der Waals surface area contributed by atoms with Gasteiger partial charge in [-0.25, -0.2) is 4.98 Å². The van der Waals surface area contributed by atoms with E-state index < -0.39 is 0 Å². The molecule has 0 saturated heterocycles.